The zero-order valence-corrected chi connectivity index (χ0v) is 12.2. The van der Waals surface area contributed by atoms with Crippen molar-refractivity contribution in [3.8, 4) is 0 Å². The molecule has 5 heteroatoms. The van der Waals surface area contributed by atoms with Gasteiger partial charge in [-0.15, -0.1) is 0 Å². The van der Waals surface area contributed by atoms with E-state index in [0.29, 0.717) is 10.7 Å². The monoisotopic (exact) mass is 280 g/mol. The molecule has 1 saturated heterocycles. The highest BCUT2D eigenvalue weighted by molar-refractivity contribution is 6.31. The number of piperazine rings is 1. The van der Waals surface area contributed by atoms with Crippen LogP contribution in [0.25, 0.3) is 0 Å². The van der Waals surface area contributed by atoms with Crippen molar-refractivity contribution >= 4 is 29.1 Å². The third kappa shape index (κ3) is 2.32. The van der Waals surface area contributed by atoms with Gasteiger partial charge in [-0.3, -0.25) is 14.5 Å². The molecule has 1 fully saturated rings. The molecule has 2 amide bonds. The van der Waals surface area contributed by atoms with E-state index in [9.17, 15) is 9.59 Å². The zero-order chi connectivity index (χ0) is 14.4. The fourth-order valence-electron chi connectivity index (χ4n) is 2.22. The van der Waals surface area contributed by atoms with Crippen LogP contribution in [0, 0.1) is 6.92 Å². The van der Waals surface area contributed by atoms with Gasteiger partial charge in [0.1, 0.15) is 11.6 Å². The smallest absolute Gasteiger partial charge is 0.252 e. The van der Waals surface area contributed by atoms with Crippen LogP contribution in [0.1, 0.15) is 26.3 Å². The van der Waals surface area contributed by atoms with Crippen LogP contribution < -0.4 is 10.2 Å². The van der Waals surface area contributed by atoms with Crippen LogP contribution >= 0.6 is 11.6 Å². The van der Waals surface area contributed by atoms with Gasteiger partial charge in [-0.1, -0.05) is 17.7 Å². The number of nitrogens with zero attached hydrogens (tertiary/aromatic N) is 1. The van der Waals surface area contributed by atoms with E-state index in [0.717, 1.165) is 5.56 Å². The molecular formula is C14H17ClN2O2. The number of hydrogen-bond donors (Lipinski definition) is 1. The van der Waals surface area contributed by atoms with Gasteiger partial charge in [-0.2, -0.15) is 0 Å². The number of hydrogen-bond acceptors (Lipinski definition) is 2. The molecule has 4 nitrogen and oxygen atoms in total. The molecule has 0 aliphatic carbocycles. The van der Waals surface area contributed by atoms with Crippen LogP contribution in [-0.2, 0) is 9.59 Å². The Morgan fingerprint density at radius 2 is 1.95 bits per heavy atom. The lowest BCUT2D eigenvalue weighted by Gasteiger charge is -2.42. The molecule has 1 unspecified atom stereocenters. The summed E-state index contributed by atoms with van der Waals surface area (Å²) in [6, 6.07) is 4.79. The van der Waals surface area contributed by atoms with E-state index in [1.54, 1.807) is 32.9 Å². The second kappa shape index (κ2) is 4.53. The highest BCUT2D eigenvalue weighted by atomic mass is 35.5. The number of anilines is 1. The number of rotatable bonds is 1. The van der Waals surface area contributed by atoms with Crippen LogP contribution in [-0.4, -0.2) is 23.4 Å². The Balaban J connectivity index is 2.54. The predicted octanol–water partition coefficient (Wildman–Crippen LogP) is 2.28. The Morgan fingerprint density at radius 1 is 1.32 bits per heavy atom. The summed E-state index contributed by atoms with van der Waals surface area (Å²) in [5, 5.41) is 3.27. The Bertz CT molecular complexity index is 554. The topological polar surface area (TPSA) is 49.4 Å². The largest absolute Gasteiger partial charge is 0.340 e. The molecule has 19 heavy (non-hydrogen) atoms. The Hall–Kier alpha value is -1.55. The van der Waals surface area contributed by atoms with Crippen molar-refractivity contribution in [2.75, 3.05) is 4.90 Å². The molecule has 1 aromatic rings. The van der Waals surface area contributed by atoms with E-state index >= 15 is 0 Å². The Morgan fingerprint density at radius 3 is 2.58 bits per heavy atom. The number of carbonyl (C=O) groups is 2. The van der Waals surface area contributed by atoms with E-state index in [1.165, 1.54) is 4.90 Å². The van der Waals surface area contributed by atoms with Crippen molar-refractivity contribution in [1.82, 2.24) is 5.32 Å². The average Bonchev–Trinajstić information content (AvgIpc) is 2.31. The zero-order valence-electron chi connectivity index (χ0n) is 11.5. The van der Waals surface area contributed by atoms with Gasteiger partial charge in [0.2, 0.25) is 5.91 Å². The fraction of sp³-hybridized carbons (Fsp3) is 0.429. The summed E-state index contributed by atoms with van der Waals surface area (Å²) < 4.78 is 0. The van der Waals surface area contributed by atoms with Crippen molar-refractivity contribution < 1.29 is 9.59 Å². The molecule has 1 heterocycles. The molecule has 2 rings (SSSR count). The lowest BCUT2D eigenvalue weighted by atomic mass is 9.96. The van der Waals surface area contributed by atoms with E-state index in [1.807, 2.05) is 13.0 Å². The van der Waals surface area contributed by atoms with E-state index in [2.05, 4.69) is 5.32 Å². The molecule has 1 aliphatic rings. The number of amides is 2. The molecule has 0 bridgehead atoms. The second-order valence-corrected chi connectivity index (χ2v) is 5.83. The minimum atomic E-state index is -0.904. The van der Waals surface area contributed by atoms with Gasteiger partial charge in [0.15, 0.2) is 0 Å². The third-order valence-corrected chi connectivity index (χ3v) is 3.62. The molecule has 1 N–H and O–H groups in total. The summed E-state index contributed by atoms with van der Waals surface area (Å²) in [5.74, 6) is -0.297. The fourth-order valence-corrected chi connectivity index (χ4v) is 2.39. The van der Waals surface area contributed by atoms with Gasteiger partial charge in [-0.25, -0.2) is 0 Å². The number of nitrogens with one attached hydrogen (secondary N) is 1. The van der Waals surface area contributed by atoms with Gasteiger partial charge in [0.25, 0.3) is 5.91 Å². The van der Waals surface area contributed by atoms with E-state index in [-0.39, 0.29) is 11.8 Å². The predicted molar refractivity (Wildman–Crippen MR) is 75.4 cm³/mol. The van der Waals surface area contributed by atoms with Crippen molar-refractivity contribution in [2.45, 2.75) is 39.3 Å². The summed E-state index contributed by atoms with van der Waals surface area (Å²) >= 11 is 6.00. The number of halogens is 1. The molecule has 0 radical (unpaired) electrons. The summed E-state index contributed by atoms with van der Waals surface area (Å²) in [6.07, 6.45) is 0. The van der Waals surface area contributed by atoms with Gasteiger partial charge in [0.05, 0.1) is 0 Å². The number of aryl methyl sites for hydroxylation is 1. The Kier molecular flexibility index (Phi) is 3.31. The molecule has 1 atom stereocenters. The Labute approximate surface area is 117 Å². The first-order chi connectivity index (χ1) is 8.74. The van der Waals surface area contributed by atoms with Crippen LogP contribution in [0.3, 0.4) is 0 Å². The number of carbonyl (C=O) groups excluding carboxylic acids is 2. The third-order valence-electron chi connectivity index (χ3n) is 3.39. The van der Waals surface area contributed by atoms with Gasteiger partial charge >= 0.3 is 0 Å². The maximum atomic E-state index is 12.5. The van der Waals surface area contributed by atoms with Crippen LogP contribution in [0.5, 0.6) is 0 Å². The van der Waals surface area contributed by atoms with E-state index < -0.39 is 11.6 Å². The van der Waals surface area contributed by atoms with Crippen LogP contribution in [0.2, 0.25) is 5.02 Å². The first kappa shape index (κ1) is 13.9. The van der Waals surface area contributed by atoms with Crippen molar-refractivity contribution in [2.24, 2.45) is 0 Å². The normalized spacial score (nSPS) is 22.4. The molecule has 0 aromatic heterocycles. The molecule has 0 saturated carbocycles. The summed E-state index contributed by atoms with van der Waals surface area (Å²) in [5.41, 5.74) is 0.696. The lowest BCUT2D eigenvalue weighted by Crippen LogP contribution is -2.67. The second-order valence-electron chi connectivity index (χ2n) is 5.40. The van der Waals surface area contributed by atoms with Crippen molar-refractivity contribution in [3.63, 3.8) is 0 Å². The lowest BCUT2D eigenvalue weighted by molar-refractivity contribution is -0.136. The first-order valence-electron chi connectivity index (χ1n) is 6.16. The van der Waals surface area contributed by atoms with Crippen LogP contribution in [0.15, 0.2) is 18.2 Å². The average molecular weight is 281 g/mol. The molecule has 0 spiro atoms. The summed E-state index contributed by atoms with van der Waals surface area (Å²) in [7, 11) is 0. The van der Waals surface area contributed by atoms with Crippen molar-refractivity contribution in [1.29, 1.82) is 0 Å². The van der Waals surface area contributed by atoms with Gasteiger partial charge in [-0.05, 0) is 45.4 Å². The first-order valence-corrected chi connectivity index (χ1v) is 6.53. The standard InChI is InChI=1S/C14H17ClN2O2/c1-8-5-6-10(15)7-11(8)17-9(2)12(18)16-14(3,4)13(17)19/h5-7,9H,1-4H3,(H,16,18). The van der Waals surface area contributed by atoms with Crippen LogP contribution in [0.4, 0.5) is 5.69 Å². The minimum Gasteiger partial charge on any atom is -0.340 e. The molecule has 102 valence electrons. The quantitative estimate of drug-likeness (QED) is 0.858. The molecule has 1 aliphatic heterocycles. The summed E-state index contributed by atoms with van der Waals surface area (Å²) in [6.45, 7) is 7.01. The molecular weight excluding hydrogens is 264 g/mol. The van der Waals surface area contributed by atoms with Crippen molar-refractivity contribution in [3.05, 3.63) is 28.8 Å². The van der Waals surface area contributed by atoms with Gasteiger partial charge in [0, 0.05) is 10.7 Å². The molecule has 1 aromatic carbocycles. The maximum absolute atomic E-state index is 12.5. The highest BCUT2D eigenvalue weighted by Crippen LogP contribution is 2.30. The van der Waals surface area contributed by atoms with E-state index in [4.69, 9.17) is 11.6 Å². The number of benzene rings is 1. The van der Waals surface area contributed by atoms with Gasteiger partial charge < -0.3 is 5.32 Å². The summed E-state index contributed by atoms with van der Waals surface area (Å²) in [4.78, 5) is 26.1. The minimum absolute atomic E-state index is 0.134. The highest BCUT2D eigenvalue weighted by Gasteiger charge is 2.44. The SMILES string of the molecule is Cc1ccc(Cl)cc1N1C(=O)C(C)(C)NC(=O)C1C. The maximum Gasteiger partial charge on any atom is 0.252 e.